The van der Waals surface area contributed by atoms with E-state index in [1.165, 1.54) is 16.4 Å². The van der Waals surface area contributed by atoms with Gasteiger partial charge >= 0.3 is 5.97 Å². The molecule has 0 bridgehead atoms. The van der Waals surface area contributed by atoms with Gasteiger partial charge in [-0.15, -0.1) is 28.6 Å². The molecule has 0 unspecified atom stereocenters. The number of thioether (sulfide) groups is 2. The molecular weight excluding hydrogens is 440 g/mol. The van der Waals surface area contributed by atoms with Crippen molar-refractivity contribution in [3.8, 4) is 0 Å². The normalized spacial score (nSPS) is 20.2. The summed E-state index contributed by atoms with van der Waals surface area (Å²) in [6.45, 7) is 5.45. The summed E-state index contributed by atoms with van der Waals surface area (Å²) in [5.41, 5.74) is 1.75. The molecule has 0 aliphatic carbocycles. The Labute approximate surface area is 187 Å². The molecule has 10 heteroatoms. The first-order chi connectivity index (χ1) is 14.3. The molecule has 1 atom stereocenters. The summed E-state index contributed by atoms with van der Waals surface area (Å²) in [6.07, 6.45) is 1.70. The smallest absolute Gasteiger partial charge is 0.355 e. The van der Waals surface area contributed by atoms with Crippen LogP contribution in [0.5, 0.6) is 0 Å². The third-order valence-corrected chi connectivity index (χ3v) is 7.41. The van der Waals surface area contributed by atoms with Crippen LogP contribution in [0.25, 0.3) is 0 Å². The van der Waals surface area contributed by atoms with Gasteiger partial charge in [-0.25, -0.2) is 9.79 Å². The van der Waals surface area contributed by atoms with Crippen molar-refractivity contribution in [2.45, 2.75) is 36.0 Å². The Morgan fingerprint density at radius 2 is 2.10 bits per heavy atom. The van der Waals surface area contributed by atoms with Crippen molar-refractivity contribution in [1.82, 2.24) is 14.5 Å². The minimum absolute atomic E-state index is 0.251. The molecule has 2 aliphatic rings. The van der Waals surface area contributed by atoms with Gasteiger partial charge in [0.1, 0.15) is 26.6 Å². The number of aliphatic imine (C=N–C) groups is 1. The first-order valence-corrected chi connectivity index (χ1v) is 12.1. The molecule has 4 rings (SSSR count). The zero-order valence-electron chi connectivity index (χ0n) is 16.7. The molecule has 0 saturated carbocycles. The molecule has 2 aliphatic heterocycles. The Morgan fingerprint density at radius 1 is 1.33 bits per heavy atom. The average Bonchev–Trinajstić information content (AvgIpc) is 3.22. The Kier molecular flexibility index (Phi) is 5.99. The lowest BCUT2D eigenvalue weighted by molar-refractivity contribution is -0.154. The second-order valence-electron chi connectivity index (χ2n) is 7.65. The second-order valence-corrected chi connectivity index (χ2v) is 10.8. The van der Waals surface area contributed by atoms with Crippen molar-refractivity contribution in [2.75, 3.05) is 11.5 Å². The van der Waals surface area contributed by atoms with Crippen molar-refractivity contribution < 1.29 is 14.3 Å². The predicted molar refractivity (Wildman–Crippen MR) is 120 cm³/mol. The van der Waals surface area contributed by atoms with E-state index in [0.29, 0.717) is 22.9 Å². The van der Waals surface area contributed by atoms with Crippen LogP contribution in [0.1, 0.15) is 20.8 Å². The minimum Gasteiger partial charge on any atom is -0.455 e. The number of carbonyl (C=O) groups is 2. The van der Waals surface area contributed by atoms with Gasteiger partial charge in [-0.1, -0.05) is 22.7 Å². The fourth-order valence-corrected chi connectivity index (χ4v) is 5.81. The molecule has 2 aromatic rings. The lowest BCUT2D eigenvalue weighted by atomic mass is 10.1. The highest BCUT2D eigenvalue weighted by Crippen LogP contribution is 2.41. The number of para-hydroxylation sites is 1. The fraction of sp³-hybridized carbons (Fsp3) is 0.350. The molecule has 0 N–H and O–H groups in total. The Bertz CT molecular complexity index is 1010. The maximum absolute atomic E-state index is 13.0. The van der Waals surface area contributed by atoms with Gasteiger partial charge in [0, 0.05) is 11.5 Å². The average molecular weight is 461 g/mol. The van der Waals surface area contributed by atoms with Crippen molar-refractivity contribution in [3.63, 3.8) is 0 Å². The van der Waals surface area contributed by atoms with Crippen molar-refractivity contribution in [2.24, 2.45) is 4.99 Å². The van der Waals surface area contributed by atoms with Gasteiger partial charge in [-0.3, -0.25) is 9.69 Å². The summed E-state index contributed by atoms with van der Waals surface area (Å²) >= 11 is 4.45. The van der Waals surface area contributed by atoms with Crippen molar-refractivity contribution in [3.05, 3.63) is 47.8 Å². The summed E-state index contributed by atoms with van der Waals surface area (Å²) in [6, 6.07) is 9.37. The molecule has 7 nitrogen and oxygen atoms in total. The van der Waals surface area contributed by atoms with E-state index in [4.69, 9.17) is 4.74 Å². The number of hydrogen-bond acceptors (Lipinski definition) is 9. The summed E-state index contributed by atoms with van der Waals surface area (Å²) in [5, 5.41) is 3.56. The summed E-state index contributed by atoms with van der Waals surface area (Å²) in [5.74, 6) is 0.459. The number of nitrogens with zero attached hydrogens (tertiary/aromatic N) is 4. The van der Waals surface area contributed by atoms with E-state index in [9.17, 15) is 9.59 Å². The van der Waals surface area contributed by atoms with E-state index in [-0.39, 0.29) is 11.3 Å². The number of fused-ring (bicyclic) bond motifs is 1. The summed E-state index contributed by atoms with van der Waals surface area (Å²) < 4.78 is 10.5. The highest BCUT2D eigenvalue weighted by Gasteiger charge is 2.51. The van der Waals surface area contributed by atoms with E-state index < -0.39 is 11.6 Å². The summed E-state index contributed by atoms with van der Waals surface area (Å²) in [4.78, 5) is 32.1. The standard InChI is InChI=1S/C20H20N4O3S3/c1-20(2,3)27-19(26)16-12(10-28-14-9-21-23-30-14)11-29-18-15(17(25)24(16)18)22-13-7-5-4-6-8-13/h4-9,18H,10-11H2,1-3H3/t18-/m1/s1. The zero-order chi connectivity index (χ0) is 21.3. The third-order valence-electron chi connectivity index (χ3n) is 4.23. The quantitative estimate of drug-likeness (QED) is 0.380. The predicted octanol–water partition coefficient (Wildman–Crippen LogP) is 3.91. The van der Waals surface area contributed by atoms with E-state index >= 15 is 0 Å². The van der Waals surface area contributed by atoms with Crippen molar-refractivity contribution in [1.29, 1.82) is 0 Å². The van der Waals surface area contributed by atoms with Gasteiger partial charge < -0.3 is 4.74 Å². The molecular formula is C20H20N4O3S3. The topological polar surface area (TPSA) is 84.7 Å². The SMILES string of the molecule is CC(C)(C)OC(=O)C1=C(CSc2cnns2)CS[C@@H]2C(=Nc3ccccc3)C(=O)N12. The number of rotatable bonds is 5. The van der Waals surface area contributed by atoms with Gasteiger partial charge in [0.15, 0.2) is 0 Å². The molecule has 30 heavy (non-hydrogen) atoms. The van der Waals surface area contributed by atoms with Crippen LogP contribution in [0.2, 0.25) is 0 Å². The third kappa shape index (κ3) is 4.45. The van der Waals surface area contributed by atoms with Crippen LogP contribution in [-0.4, -0.2) is 54.6 Å². The van der Waals surface area contributed by atoms with E-state index in [1.54, 1.807) is 29.7 Å². The summed E-state index contributed by atoms with van der Waals surface area (Å²) in [7, 11) is 0. The Hall–Kier alpha value is -2.17. The van der Waals surface area contributed by atoms with Gasteiger partial charge in [0.05, 0.1) is 11.9 Å². The number of hydrogen-bond donors (Lipinski definition) is 0. The highest BCUT2D eigenvalue weighted by molar-refractivity contribution is 8.02. The van der Waals surface area contributed by atoms with Gasteiger partial charge in [0.2, 0.25) is 0 Å². The van der Waals surface area contributed by atoms with Gasteiger partial charge in [-0.2, -0.15) is 0 Å². The van der Waals surface area contributed by atoms with E-state index in [2.05, 4.69) is 14.6 Å². The van der Waals surface area contributed by atoms with Crippen molar-refractivity contribution >= 4 is 58.3 Å². The number of benzene rings is 1. The largest absolute Gasteiger partial charge is 0.455 e. The Morgan fingerprint density at radius 3 is 2.77 bits per heavy atom. The number of esters is 1. The number of aromatic nitrogens is 2. The minimum atomic E-state index is -0.654. The Balaban J connectivity index is 1.63. The second kappa shape index (κ2) is 8.52. The molecule has 0 radical (unpaired) electrons. The lowest BCUT2D eigenvalue weighted by Gasteiger charge is -2.45. The van der Waals surface area contributed by atoms with Gasteiger partial charge in [0.25, 0.3) is 5.91 Å². The number of ether oxygens (including phenoxy) is 1. The number of β-lactam (4-membered cyclic amide) rings is 1. The molecule has 156 valence electrons. The van der Waals surface area contributed by atoms with Crippen LogP contribution in [0.15, 0.2) is 57.0 Å². The van der Waals surface area contributed by atoms with Crippen LogP contribution < -0.4 is 0 Å². The van der Waals surface area contributed by atoms with Crippen LogP contribution >= 0.6 is 35.1 Å². The first kappa shape index (κ1) is 21.1. The van der Waals surface area contributed by atoms with E-state index in [0.717, 1.165) is 15.5 Å². The molecule has 1 saturated heterocycles. The molecule has 1 aromatic carbocycles. The highest BCUT2D eigenvalue weighted by atomic mass is 32.2. The molecule has 1 aromatic heterocycles. The fourth-order valence-electron chi connectivity index (χ4n) is 2.99. The van der Waals surface area contributed by atoms with Crippen LogP contribution in [0.4, 0.5) is 5.69 Å². The maximum atomic E-state index is 13.0. The molecule has 1 amide bonds. The van der Waals surface area contributed by atoms with Gasteiger partial charge in [-0.05, 0) is 50.0 Å². The monoisotopic (exact) mass is 460 g/mol. The van der Waals surface area contributed by atoms with Crippen LogP contribution in [-0.2, 0) is 14.3 Å². The lowest BCUT2D eigenvalue weighted by Crippen LogP contribution is -2.62. The molecule has 1 fully saturated rings. The first-order valence-electron chi connectivity index (χ1n) is 9.28. The molecule has 0 spiro atoms. The van der Waals surface area contributed by atoms with Crippen LogP contribution in [0, 0.1) is 0 Å². The van der Waals surface area contributed by atoms with Crippen LogP contribution in [0.3, 0.4) is 0 Å². The zero-order valence-corrected chi connectivity index (χ0v) is 19.1. The number of amides is 1. The van der Waals surface area contributed by atoms with E-state index in [1.807, 2.05) is 51.1 Å². The molecule has 3 heterocycles. The number of carbonyl (C=O) groups excluding carboxylic acids is 2. The maximum Gasteiger partial charge on any atom is 0.355 e.